The number of nitrogens with zero attached hydrogens (tertiary/aromatic N) is 4. The van der Waals surface area contributed by atoms with Gasteiger partial charge in [0.2, 0.25) is 0 Å². The number of rotatable bonds is 6. The first-order valence-electron chi connectivity index (χ1n) is 10.3. The average molecular weight is 602 g/mol. The van der Waals surface area contributed by atoms with Crippen LogP contribution < -0.4 is 81.4 Å². The summed E-state index contributed by atoms with van der Waals surface area (Å²) in [5, 5.41) is 27.7. The predicted molar refractivity (Wildman–Crippen MR) is 136 cm³/mol. The molecule has 0 atom stereocenters. The van der Waals surface area contributed by atoms with E-state index < -0.39 is 58.2 Å². The zero-order valence-electron chi connectivity index (χ0n) is 21.0. The number of azo groups is 2. The Bertz CT molecular complexity index is 1720. The maximum absolute atomic E-state index is 13.4. The van der Waals surface area contributed by atoms with Crippen LogP contribution in [-0.2, 0) is 20.2 Å². The van der Waals surface area contributed by atoms with Crippen LogP contribution in [0.2, 0.25) is 0 Å². The number of anilines is 3. The summed E-state index contributed by atoms with van der Waals surface area (Å²) in [5.41, 5.74) is 16.5. The first-order valence-corrected chi connectivity index (χ1v) is 13.2. The number of benzene rings is 4. The van der Waals surface area contributed by atoms with Gasteiger partial charge in [-0.3, -0.25) is 4.55 Å². The van der Waals surface area contributed by atoms with Gasteiger partial charge in [0.05, 0.1) is 27.6 Å². The Balaban J connectivity index is 0.00000280. The van der Waals surface area contributed by atoms with Gasteiger partial charge in [-0.2, -0.15) is 18.6 Å². The summed E-state index contributed by atoms with van der Waals surface area (Å²) in [6.45, 7) is 0. The summed E-state index contributed by atoms with van der Waals surface area (Å²) in [6.07, 6.45) is 0. The van der Waals surface area contributed by atoms with Crippen LogP contribution in [0.3, 0.4) is 0 Å². The molecule has 18 heteroatoms. The Labute approximate surface area is 272 Å². The molecule has 0 bridgehead atoms. The summed E-state index contributed by atoms with van der Waals surface area (Å²) >= 11 is 0. The number of hydrogen-bond acceptors (Lipinski definition) is 13. The standard InChI is InChI=1S/C22H19N7O7S2.2Na/c23-12-1-5-14(6-2-12)26-28-20-16(37(31,32)33)9-11-10-17(38(34,35)36)21(22(30)18(11)19(20)25)29-27-15-7-3-13(24)4-8-15;;/h1-10,30H,23-25H2,(H,31,32,33)(H,34,35,36);;/q;2*+1/p-2. The fourth-order valence-electron chi connectivity index (χ4n) is 3.38. The zero-order chi connectivity index (χ0) is 27.8. The second kappa shape index (κ2) is 12.9. The van der Waals surface area contributed by atoms with Crippen molar-refractivity contribution >= 4 is 70.8 Å². The van der Waals surface area contributed by atoms with Gasteiger partial charge in [-0.25, -0.2) is 8.42 Å². The topological polar surface area (TPSA) is 262 Å². The molecule has 0 aliphatic carbocycles. The molecule has 4 aromatic rings. The summed E-state index contributed by atoms with van der Waals surface area (Å²) in [7, 11) is -10.3. The minimum atomic E-state index is -5.25. The van der Waals surface area contributed by atoms with E-state index in [1.54, 1.807) is 0 Å². The van der Waals surface area contributed by atoms with Crippen LogP contribution in [0.25, 0.3) is 10.8 Å². The number of hydrogen-bond donors (Lipinski definition) is 4. The molecule has 0 heterocycles. The molecule has 196 valence electrons. The van der Waals surface area contributed by atoms with E-state index in [0.717, 1.165) is 6.07 Å². The first kappa shape index (κ1) is 33.6. The largest absolute Gasteiger partial charge is 1.00 e. The molecule has 0 fully saturated rings. The summed E-state index contributed by atoms with van der Waals surface area (Å²) < 4.78 is 69.9. The van der Waals surface area contributed by atoms with Gasteiger partial charge in [-0.1, -0.05) is 5.75 Å². The SMILES string of the molecule is Nc1ccc(N=Nc2c(S(=O)(=O)[O-])cc3cc(S(=O)(=O)O)c(N=Nc4ccc(N)cc4)c([O-])c3c2N)cc1.[Na+].[Na+]. The van der Waals surface area contributed by atoms with Crippen molar-refractivity contribution in [3.05, 3.63) is 60.7 Å². The molecule has 0 saturated heterocycles. The van der Waals surface area contributed by atoms with Crippen LogP contribution in [0.15, 0.2) is 90.9 Å². The third-order valence-corrected chi connectivity index (χ3v) is 6.88. The molecule has 40 heavy (non-hydrogen) atoms. The van der Waals surface area contributed by atoms with E-state index in [1.807, 2.05) is 0 Å². The van der Waals surface area contributed by atoms with Crippen LogP contribution >= 0.6 is 0 Å². The van der Waals surface area contributed by atoms with Crippen LogP contribution in [0, 0.1) is 0 Å². The minimum absolute atomic E-state index is 0. The van der Waals surface area contributed by atoms with Crippen molar-refractivity contribution in [1.29, 1.82) is 0 Å². The maximum atomic E-state index is 13.4. The van der Waals surface area contributed by atoms with Crippen molar-refractivity contribution in [1.82, 2.24) is 0 Å². The van der Waals surface area contributed by atoms with Crippen molar-refractivity contribution < 1.29 is 90.2 Å². The maximum Gasteiger partial charge on any atom is 1.00 e. The van der Waals surface area contributed by atoms with Gasteiger partial charge >= 0.3 is 59.1 Å². The predicted octanol–water partition coefficient (Wildman–Crippen LogP) is -2.35. The molecule has 0 saturated carbocycles. The van der Waals surface area contributed by atoms with E-state index >= 15 is 0 Å². The Hall–Kier alpha value is -2.64. The van der Waals surface area contributed by atoms with Crippen LogP contribution in [0.5, 0.6) is 5.75 Å². The van der Waals surface area contributed by atoms with E-state index in [4.69, 9.17) is 17.2 Å². The molecule has 0 spiro atoms. The molecule has 7 N–H and O–H groups in total. The fraction of sp³-hybridized carbons (Fsp3) is 0. The molecule has 0 amide bonds. The molecule has 0 unspecified atom stereocenters. The van der Waals surface area contributed by atoms with Gasteiger partial charge in [0.1, 0.15) is 20.7 Å². The molecule has 0 radical (unpaired) electrons. The monoisotopic (exact) mass is 601 g/mol. The Morgan fingerprint density at radius 1 is 0.675 bits per heavy atom. The van der Waals surface area contributed by atoms with Gasteiger partial charge in [0, 0.05) is 16.8 Å². The Morgan fingerprint density at radius 3 is 1.52 bits per heavy atom. The van der Waals surface area contributed by atoms with Gasteiger partial charge in [-0.05, 0) is 66.0 Å². The normalized spacial score (nSPS) is 11.9. The van der Waals surface area contributed by atoms with Crippen molar-refractivity contribution in [3.63, 3.8) is 0 Å². The van der Waals surface area contributed by atoms with Crippen molar-refractivity contribution in [2.75, 3.05) is 17.2 Å². The van der Waals surface area contributed by atoms with E-state index in [-0.39, 0.29) is 75.9 Å². The quantitative estimate of drug-likeness (QED) is 0.0791. The number of nitrogens with two attached hydrogens (primary N) is 3. The van der Waals surface area contributed by atoms with Crippen LogP contribution in [0.1, 0.15) is 0 Å². The van der Waals surface area contributed by atoms with Crippen molar-refractivity contribution in [3.8, 4) is 5.75 Å². The van der Waals surface area contributed by atoms with Gasteiger partial charge in [-0.15, -0.1) is 10.2 Å². The third-order valence-electron chi connectivity index (χ3n) is 5.16. The fourth-order valence-corrected chi connectivity index (χ4v) is 4.69. The smallest absolute Gasteiger partial charge is 0.870 e. The summed E-state index contributed by atoms with van der Waals surface area (Å²) in [6, 6.07) is 13.2. The summed E-state index contributed by atoms with van der Waals surface area (Å²) in [5.74, 6) is -1.13. The average Bonchev–Trinajstić information content (AvgIpc) is 2.83. The molecule has 0 aromatic heterocycles. The van der Waals surface area contributed by atoms with Crippen LogP contribution in [0.4, 0.5) is 39.8 Å². The molecule has 4 aromatic carbocycles. The molecule has 0 aliphatic heterocycles. The molecule has 0 aliphatic rings. The van der Waals surface area contributed by atoms with E-state index in [2.05, 4.69) is 20.5 Å². The van der Waals surface area contributed by atoms with Crippen LogP contribution in [-0.4, -0.2) is 25.9 Å². The Morgan fingerprint density at radius 2 is 1.10 bits per heavy atom. The second-order valence-corrected chi connectivity index (χ2v) is 10.5. The van der Waals surface area contributed by atoms with Crippen molar-refractivity contribution in [2.24, 2.45) is 20.5 Å². The van der Waals surface area contributed by atoms with Gasteiger partial charge < -0.3 is 26.9 Å². The number of nitrogen functional groups attached to an aromatic ring is 3. The van der Waals surface area contributed by atoms with E-state index in [0.29, 0.717) is 17.4 Å². The molecule has 4 rings (SSSR count). The van der Waals surface area contributed by atoms with Crippen molar-refractivity contribution in [2.45, 2.75) is 9.79 Å². The molecule has 14 nitrogen and oxygen atoms in total. The van der Waals surface area contributed by atoms with E-state index in [1.165, 1.54) is 48.5 Å². The van der Waals surface area contributed by atoms with E-state index in [9.17, 15) is 31.0 Å². The molecular formula is C22H17N7Na2O7S2. The van der Waals surface area contributed by atoms with Gasteiger partial charge in [0.15, 0.2) is 0 Å². The third kappa shape index (κ3) is 7.35. The second-order valence-electron chi connectivity index (χ2n) is 7.80. The number of fused-ring (bicyclic) bond motifs is 1. The Kier molecular flexibility index (Phi) is 10.8. The molecular weight excluding hydrogens is 584 g/mol. The minimum Gasteiger partial charge on any atom is -0.870 e. The zero-order valence-corrected chi connectivity index (χ0v) is 26.6. The first-order chi connectivity index (χ1) is 17.8. The summed E-state index contributed by atoms with van der Waals surface area (Å²) in [4.78, 5) is -1.96. The van der Waals surface area contributed by atoms with Gasteiger partial charge in [0.25, 0.3) is 10.1 Å².